The Morgan fingerprint density at radius 3 is 2.12 bits per heavy atom. The normalized spacial score (nSPS) is 22.5. The summed E-state index contributed by atoms with van der Waals surface area (Å²) in [7, 11) is 0. The molecule has 0 saturated heterocycles. The smallest absolute Gasteiger partial charge is 0.275 e. The van der Waals surface area contributed by atoms with Gasteiger partial charge in [-0.1, -0.05) is 89.0 Å². The molecular formula is C33H44Cl2N4O. The van der Waals surface area contributed by atoms with Crippen molar-refractivity contribution in [2.24, 2.45) is 27.5 Å². The van der Waals surface area contributed by atoms with Crippen molar-refractivity contribution in [1.29, 1.82) is 5.41 Å². The number of nitrogens with two attached hydrogens (primary N) is 1. The molecule has 3 N–H and O–H groups in total. The zero-order valence-corrected chi connectivity index (χ0v) is 26.3. The lowest BCUT2D eigenvalue weighted by molar-refractivity contribution is -0.134. The summed E-state index contributed by atoms with van der Waals surface area (Å²) in [5.41, 5.74) is 8.57. The number of hydrogen-bond donors (Lipinski definition) is 2. The number of carbonyl (C=O) groups is 1. The van der Waals surface area contributed by atoms with Crippen LogP contribution in [0.2, 0.25) is 10.0 Å². The summed E-state index contributed by atoms with van der Waals surface area (Å²) < 4.78 is 0. The van der Waals surface area contributed by atoms with E-state index in [4.69, 9.17) is 39.3 Å². The third-order valence-corrected chi connectivity index (χ3v) is 9.01. The Morgan fingerprint density at radius 1 is 1.05 bits per heavy atom. The zero-order valence-electron chi connectivity index (χ0n) is 24.8. The molecule has 40 heavy (non-hydrogen) atoms. The lowest BCUT2D eigenvalue weighted by atomic mass is 9.69. The standard InChI is InChI=1S/C33H44Cl2N4O/c1-31(2,3)14-13-27(22-9-7-21(8-10-22)17-28(36)37)39-30(40)29(23-18-25(34)20-26(35)19-23)38-33(39)15-11-24(12-16-33)32(4,5)6/h7-10,18-20,24,27H,11-17H2,1-6H3,(H3,36,37). The first-order chi connectivity index (χ1) is 18.6. The lowest BCUT2D eigenvalue weighted by Gasteiger charge is -2.47. The largest absolute Gasteiger partial charge is 0.387 e. The van der Waals surface area contributed by atoms with Crippen molar-refractivity contribution in [3.05, 3.63) is 69.2 Å². The highest BCUT2D eigenvalue weighted by molar-refractivity contribution is 6.47. The molecule has 2 aromatic carbocycles. The first-order valence-corrected chi connectivity index (χ1v) is 15.2. The van der Waals surface area contributed by atoms with Gasteiger partial charge in [-0.15, -0.1) is 0 Å². The molecular weight excluding hydrogens is 539 g/mol. The van der Waals surface area contributed by atoms with Gasteiger partial charge in [-0.2, -0.15) is 0 Å². The molecule has 1 unspecified atom stereocenters. The molecule has 1 aliphatic carbocycles. The quantitative estimate of drug-likeness (QED) is 0.253. The van der Waals surface area contributed by atoms with E-state index in [2.05, 4.69) is 58.6 Å². The molecule has 5 nitrogen and oxygen atoms in total. The van der Waals surface area contributed by atoms with Gasteiger partial charge in [0, 0.05) is 22.0 Å². The molecule has 0 aromatic heterocycles. The first kappa shape index (κ1) is 30.6. The number of aliphatic imine (C=N–C) groups is 1. The van der Waals surface area contributed by atoms with Crippen LogP contribution in [0.5, 0.6) is 0 Å². The fraction of sp³-hybridized carbons (Fsp3) is 0.545. The maximum absolute atomic E-state index is 14.5. The highest BCUT2D eigenvalue weighted by Crippen LogP contribution is 2.50. The Morgan fingerprint density at radius 2 is 1.62 bits per heavy atom. The monoisotopic (exact) mass is 582 g/mol. The van der Waals surface area contributed by atoms with Crippen LogP contribution in [0.4, 0.5) is 0 Å². The molecule has 0 bridgehead atoms. The van der Waals surface area contributed by atoms with Gasteiger partial charge in [0.25, 0.3) is 5.91 Å². The van der Waals surface area contributed by atoms with Crippen molar-refractivity contribution in [1.82, 2.24) is 4.90 Å². The number of nitrogens with one attached hydrogen (secondary N) is 1. The van der Waals surface area contributed by atoms with Crippen LogP contribution >= 0.6 is 23.2 Å². The SMILES string of the molecule is CC(C)(C)CCC(c1ccc(CC(=N)N)cc1)N1C(=O)C(c2cc(Cl)cc(Cl)c2)=NC12CCC(C(C)(C)C)CC2. The van der Waals surface area contributed by atoms with Gasteiger partial charge in [0.05, 0.1) is 11.9 Å². The maximum Gasteiger partial charge on any atom is 0.275 e. The van der Waals surface area contributed by atoms with E-state index in [1.54, 1.807) is 18.2 Å². The minimum Gasteiger partial charge on any atom is -0.387 e. The molecule has 1 amide bonds. The van der Waals surface area contributed by atoms with E-state index in [9.17, 15) is 4.79 Å². The van der Waals surface area contributed by atoms with E-state index in [1.807, 2.05) is 12.1 Å². The van der Waals surface area contributed by atoms with E-state index in [0.717, 1.165) is 49.7 Å². The van der Waals surface area contributed by atoms with Crippen LogP contribution in [0.15, 0.2) is 47.5 Å². The van der Waals surface area contributed by atoms with Crippen LogP contribution in [-0.2, 0) is 11.2 Å². The van der Waals surface area contributed by atoms with E-state index < -0.39 is 5.66 Å². The molecule has 1 aliphatic heterocycles. The van der Waals surface area contributed by atoms with Gasteiger partial charge in [0.2, 0.25) is 0 Å². The summed E-state index contributed by atoms with van der Waals surface area (Å²) in [6.07, 6.45) is 5.88. The molecule has 2 aromatic rings. The molecule has 1 heterocycles. The number of hydrogen-bond acceptors (Lipinski definition) is 3. The summed E-state index contributed by atoms with van der Waals surface area (Å²) in [6, 6.07) is 13.4. The minimum atomic E-state index is -0.608. The Balaban J connectivity index is 1.80. The van der Waals surface area contributed by atoms with Crippen LogP contribution in [0.25, 0.3) is 0 Å². The van der Waals surface area contributed by atoms with Crippen molar-refractivity contribution in [2.45, 2.75) is 98.2 Å². The maximum atomic E-state index is 14.5. The predicted molar refractivity (Wildman–Crippen MR) is 167 cm³/mol. The van der Waals surface area contributed by atoms with Gasteiger partial charge < -0.3 is 10.6 Å². The molecule has 0 radical (unpaired) electrons. The summed E-state index contributed by atoms with van der Waals surface area (Å²) in [6.45, 7) is 13.7. The number of amides is 1. The number of halogens is 2. The van der Waals surface area contributed by atoms with Crippen molar-refractivity contribution in [3.8, 4) is 0 Å². The second-order valence-corrected chi connectivity index (χ2v) is 14.8. The zero-order chi connectivity index (χ0) is 29.5. The average Bonchev–Trinajstić information content (AvgIpc) is 3.10. The molecule has 1 spiro atoms. The summed E-state index contributed by atoms with van der Waals surface area (Å²) in [5, 5.41) is 8.67. The second kappa shape index (κ2) is 11.5. The van der Waals surface area contributed by atoms with Crippen molar-refractivity contribution >= 4 is 40.7 Å². The Labute approximate surface area is 250 Å². The van der Waals surface area contributed by atoms with E-state index in [1.165, 1.54) is 0 Å². The number of nitrogens with zero attached hydrogens (tertiary/aromatic N) is 2. The Hall–Kier alpha value is -2.37. The van der Waals surface area contributed by atoms with Crippen LogP contribution in [0, 0.1) is 22.2 Å². The number of benzene rings is 2. The highest BCUT2D eigenvalue weighted by atomic mass is 35.5. The molecule has 216 valence electrons. The van der Waals surface area contributed by atoms with Crippen LogP contribution in [0.1, 0.15) is 103 Å². The summed E-state index contributed by atoms with van der Waals surface area (Å²) >= 11 is 12.8. The van der Waals surface area contributed by atoms with Gasteiger partial charge in [0.1, 0.15) is 11.4 Å². The van der Waals surface area contributed by atoms with Crippen LogP contribution in [0.3, 0.4) is 0 Å². The third-order valence-electron chi connectivity index (χ3n) is 8.58. The molecule has 4 rings (SSSR count). The van der Waals surface area contributed by atoms with Crippen molar-refractivity contribution in [3.63, 3.8) is 0 Å². The lowest BCUT2D eigenvalue weighted by Crippen LogP contribution is -2.51. The first-order valence-electron chi connectivity index (χ1n) is 14.4. The number of carbonyl (C=O) groups excluding carboxylic acids is 1. The fourth-order valence-corrected chi connectivity index (χ4v) is 6.84. The minimum absolute atomic E-state index is 0.0562. The molecule has 1 atom stereocenters. The van der Waals surface area contributed by atoms with Gasteiger partial charge in [0.15, 0.2) is 0 Å². The van der Waals surface area contributed by atoms with E-state index in [0.29, 0.717) is 33.7 Å². The van der Waals surface area contributed by atoms with Gasteiger partial charge in [-0.05, 0) is 84.6 Å². The number of amidine groups is 1. The molecule has 2 aliphatic rings. The van der Waals surface area contributed by atoms with Crippen molar-refractivity contribution in [2.75, 3.05) is 0 Å². The second-order valence-electron chi connectivity index (χ2n) is 14.0. The molecule has 1 fully saturated rings. The molecule has 7 heteroatoms. The summed E-state index contributed by atoms with van der Waals surface area (Å²) in [5.74, 6) is 0.660. The number of rotatable bonds is 7. The van der Waals surface area contributed by atoms with E-state index >= 15 is 0 Å². The Bertz CT molecular complexity index is 1260. The predicted octanol–water partition coefficient (Wildman–Crippen LogP) is 8.60. The fourth-order valence-electron chi connectivity index (χ4n) is 6.31. The van der Waals surface area contributed by atoms with Crippen LogP contribution < -0.4 is 5.73 Å². The topological polar surface area (TPSA) is 82.5 Å². The summed E-state index contributed by atoms with van der Waals surface area (Å²) in [4.78, 5) is 21.9. The van der Waals surface area contributed by atoms with E-state index in [-0.39, 0.29) is 28.6 Å². The third kappa shape index (κ3) is 6.91. The Kier molecular flexibility index (Phi) is 8.78. The van der Waals surface area contributed by atoms with Crippen LogP contribution in [-0.4, -0.2) is 28.0 Å². The van der Waals surface area contributed by atoms with Crippen molar-refractivity contribution < 1.29 is 4.79 Å². The van der Waals surface area contributed by atoms with Gasteiger partial charge in [-0.25, -0.2) is 0 Å². The highest BCUT2D eigenvalue weighted by Gasteiger charge is 2.52. The average molecular weight is 584 g/mol. The van der Waals surface area contributed by atoms with Gasteiger partial charge >= 0.3 is 0 Å². The van der Waals surface area contributed by atoms with Gasteiger partial charge in [-0.3, -0.25) is 15.2 Å². The molecule has 1 saturated carbocycles.